The molecule has 0 atom stereocenters. The van der Waals surface area contributed by atoms with Crippen molar-refractivity contribution in [2.45, 2.75) is 52.6 Å². The molecular weight excluding hydrogens is 403 g/mol. The molecule has 0 aliphatic rings. The summed E-state index contributed by atoms with van der Waals surface area (Å²) < 4.78 is 11.0. The van der Waals surface area contributed by atoms with Crippen molar-refractivity contribution in [3.8, 4) is 11.6 Å². The van der Waals surface area contributed by atoms with Crippen molar-refractivity contribution in [1.82, 2.24) is 9.97 Å². The van der Waals surface area contributed by atoms with Crippen LogP contribution in [0.3, 0.4) is 0 Å². The lowest BCUT2D eigenvalue weighted by Crippen LogP contribution is -2.25. The number of carbonyl (C=O) groups is 1. The molecule has 0 unspecified atom stereocenters. The van der Waals surface area contributed by atoms with Crippen LogP contribution in [0.4, 0.5) is 0 Å². The Balaban J connectivity index is 2.42. The summed E-state index contributed by atoms with van der Waals surface area (Å²) in [6, 6.07) is 5.19. The van der Waals surface area contributed by atoms with Gasteiger partial charge in [-0.2, -0.15) is 4.98 Å². The highest BCUT2D eigenvalue weighted by molar-refractivity contribution is 6.42. The topological polar surface area (TPSA) is 81.5 Å². The summed E-state index contributed by atoms with van der Waals surface area (Å²) in [5.41, 5.74) is -0.176. The second-order valence-corrected chi connectivity index (χ2v) is 8.02. The van der Waals surface area contributed by atoms with Gasteiger partial charge in [-0.3, -0.25) is 0 Å². The second kappa shape index (κ2) is 9.43. The Kier molecular flexibility index (Phi) is 7.49. The van der Waals surface area contributed by atoms with Gasteiger partial charge in [0.25, 0.3) is 5.88 Å². The lowest BCUT2D eigenvalue weighted by atomic mass is 10.1. The van der Waals surface area contributed by atoms with Gasteiger partial charge in [-0.15, -0.1) is 0 Å². The summed E-state index contributed by atoms with van der Waals surface area (Å²) >= 11 is 12.3. The number of unbranched alkanes of at least 4 members (excludes halogenated alkanes) is 1. The van der Waals surface area contributed by atoms with Gasteiger partial charge >= 0.3 is 5.97 Å². The van der Waals surface area contributed by atoms with Crippen molar-refractivity contribution in [3.05, 3.63) is 45.3 Å². The monoisotopic (exact) mass is 426 g/mol. The van der Waals surface area contributed by atoms with Gasteiger partial charge < -0.3 is 14.6 Å². The number of esters is 1. The molecule has 8 heteroatoms. The summed E-state index contributed by atoms with van der Waals surface area (Å²) in [4.78, 5) is 21.0. The standard InChI is InChI=1S/C20H24Cl2N2O4/c1-5-6-10-27-17-16(19(26)28-20(2,3)4)23-14(24-18(17)25)11-12-8-7-9-13(21)15(12)22/h7-9H,5-6,10-11H2,1-4H3,(H,23,24,25). The fourth-order valence-corrected chi connectivity index (χ4v) is 2.72. The van der Waals surface area contributed by atoms with E-state index in [2.05, 4.69) is 9.97 Å². The zero-order valence-corrected chi connectivity index (χ0v) is 17.9. The summed E-state index contributed by atoms with van der Waals surface area (Å²) in [6.07, 6.45) is 1.83. The third kappa shape index (κ3) is 5.97. The van der Waals surface area contributed by atoms with Crippen LogP contribution in [0, 0.1) is 0 Å². The summed E-state index contributed by atoms with van der Waals surface area (Å²) in [6.45, 7) is 7.57. The maximum Gasteiger partial charge on any atom is 0.361 e. The van der Waals surface area contributed by atoms with Gasteiger partial charge in [-0.1, -0.05) is 48.7 Å². The molecule has 0 radical (unpaired) electrons. The molecule has 1 heterocycles. The fourth-order valence-electron chi connectivity index (χ4n) is 2.33. The minimum Gasteiger partial charge on any atom is -0.491 e. The zero-order valence-electron chi connectivity index (χ0n) is 16.4. The molecule has 2 aromatic rings. The van der Waals surface area contributed by atoms with Crippen LogP contribution >= 0.6 is 23.2 Å². The van der Waals surface area contributed by atoms with E-state index in [1.807, 2.05) is 6.92 Å². The van der Waals surface area contributed by atoms with Gasteiger partial charge in [0.2, 0.25) is 5.75 Å². The number of benzene rings is 1. The SMILES string of the molecule is CCCCOc1c(O)nc(Cc2cccc(Cl)c2Cl)nc1C(=O)OC(C)(C)C. The lowest BCUT2D eigenvalue weighted by molar-refractivity contribution is 0.00570. The van der Waals surface area contributed by atoms with Gasteiger partial charge in [0.15, 0.2) is 5.69 Å². The maximum atomic E-state index is 12.6. The van der Waals surface area contributed by atoms with E-state index in [0.717, 1.165) is 12.8 Å². The molecule has 0 bridgehead atoms. The van der Waals surface area contributed by atoms with Crippen LogP contribution in [0.15, 0.2) is 18.2 Å². The number of aromatic hydroxyl groups is 1. The average Bonchev–Trinajstić information content (AvgIpc) is 2.59. The van der Waals surface area contributed by atoms with Crippen LogP contribution < -0.4 is 4.74 Å². The first-order valence-electron chi connectivity index (χ1n) is 9.01. The number of aromatic nitrogens is 2. The molecule has 0 aliphatic carbocycles. The first kappa shape index (κ1) is 22.2. The van der Waals surface area contributed by atoms with Crippen LogP contribution in [0.25, 0.3) is 0 Å². The Morgan fingerprint density at radius 2 is 1.93 bits per heavy atom. The minimum absolute atomic E-state index is 0.0800. The molecule has 0 amide bonds. The van der Waals surface area contributed by atoms with Crippen LogP contribution in [0.1, 0.15) is 62.4 Å². The van der Waals surface area contributed by atoms with Gasteiger partial charge in [0.1, 0.15) is 11.4 Å². The van der Waals surface area contributed by atoms with E-state index in [1.54, 1.807) is 39.0 Å². The Bertz CT molecular complexity index is 851. The highest BCUT2D eigenvalue weighted by Crippen LogP contribution is 2.31. The van der Waals surface area contributed by atoms with Gasteiger partial charge in [-0.25, -0.2) is 9.78 Å². The number of rotatable bonds is 7. The lowest BCUT2D eigenvalue weighted by Gasteiger charge is -2.20. The van der Waals surface area contributed by atoms with E-state index in [4.69, 9.17) is 32.7 Å². The predicted octanol–water partition coefficient (Wildman–Crippen LogP) is 5.21. The Morgan fingerprint density at radius 3 is 2.57 bits per heavy atom. The van der Waals surface area contributed by atoms with E-state index in [1.165, 1.54) is 0 Å². The number of hydrogen-bond donors (Lipinski definition) is 1. The molecular formula is C20H24Cl2N2O4. The van der Waals surface area contributed by atoms with E-state index < -0.39 is 17.5 Å². The van der Waals surface area contributed by atoms with Crippen molar-refractivity contribution >= 4 is 29.2 Å². The predicted molar refractivity (Wildman–Crippen MR) is 109 cm³/mol. The minimum atomic E-state index is -0.727. The van der Waals surface area contributed by atoms with Crippen molar-refractivity contribution in [2.24, 2.45) is 0 Å². The third-order valence-corrected chi connectivity index (χ3v) is 4.47. The van der Waals surface area contributed by atoms with Crippen molar-refractivity contribution < 1.29 is 19.4 Å². The molecule has 0 saturated heterocycles. The van der Waals surface area contributed by atoms with Gasteiger partial charge in [0.05, 0.1) is 16.7 Å². The summed E-state index contributed by atoms with van der Waals surface area (Å²) in [5, 5.41) is 11.1. The maximum absolute atomic E-state index is 12.6. The molecule has 1 aromatic heterocycles. The molecule has 28 heavy (non-hydrogen) atoms. The van der Waals surface area contributed by atoms with Crippen LogP contribution in [-0.4, -0.2) is 33.3 Å². The first-order valence-corrected chi connectivity index (χ1v) is 9.77. The van der Waals surface area contributed by atoms with E-state index in [-0.39, 0.29) is 23.7 Å². The van der Waals surface area contributed by atoms with E-state index >= 15 is 0 Å². The second-order valence-electron chi connectivity index (χ2n) is 7.23. The molecule has 2 rings (SSSR count). The highest BCUT2D eigenvalue weighted by Gasteiger charge is 2.27. The van der Waals surface area contributed by atoms with Crippen LogP contribution in [0.2, 0.25) is 10.0 Å². The Morgan fingerprint density at radius 1 is 1.21 bits per heavy atom. The first-order chi connectivity index (χ1) is 13.1. The largest absolute Gasteiger partial charge is 0.491 e. The number of carbonyl (C=O) groups excluding carboxylic acids is 1. The number of nitrogens with zero attached hydrogens (tertiary/aromatic N) is 2. The van der Waals surface area contributed by atoms with Crippen molar-refractivity contribution in [2.75, 3.05) is 6.61 Å². The zero-order chi connectivity index (χ0) is 20.9. The third-order valence-electron chi connectivity index (χ3n) is 3.61. The molecule has 0 spiro atoms. The number of hydrogen-bond acceptors (Lipinski definition) is 6. The summed E-state index contributed by atoms with van der Waals surface area (Å²) in [5.74, 6) is -0.996. The molecule has 0 saturated carbocycles. The molecule has 0 aliphatic heterocycles. The van der Waals surface area contributed by atoms with Gasteiger partial charge in [0, 0.05) is 6.42 Å². The molecule has 1 N–H and O–H groups in total. The highest BCUT2D eigenvalue weighted by atomic mass is 35.5. The van der Waals surface area contributed by atoms with Crippen molar-refractivity contribution in [1.29, 1.82) is 0 Å². The average molecular weight is 427 g/mol. The van der Waals surface area contributed by atoms with Crippen molar-refractivity contribution in [3.63, 3.8) is 0 Å². The fraction of sp³-hybridized carbons (Fsp3) is 0.450. The normalized spacial score (nSPS) is 11.4. The number of ether oxygens (including phenoxy) is 2. The molecule has 0 fully saturated rings. The van der Waals surface area contributed by atoms with Gasteiger partial charge in [-0.05, 0) is 38.8 Å². The van der Waals surface area contributed by atoms with E-state index in [9.17, 15) is 9.90 Å². The molecule has 152 valence electrons. The van der Waals surface area contributed by atoms with E-state index in [0.29, 0.717) is 22.2 Å². The van der Waals surface area contributed by atoms with Crippen LogP contribution in [-0.2, 0) is 11.2 Å². The number of halogens is 2. The molecule has 6 nitrogen and oxygen atoms in total. The smallest absolute Gasteiger partial charge is 0.361 e. The van der Waals surface area contributed by atoms with Crippen LogP contribution in [0.5, 0.6) is 11.6 Å². The quantitative estimate of drug-likeness (QED) is 0.482. The molecule has 1 aromatic carbocycles. The summed E-state index contributed by atoms with van der Waals surface area (Å²) in [7, 11) is 0. The Hall–Kier alpha value is -2.05. The Labute approximate surface area is 174 Å².